The summed E-state index contributed by atoms with van der Waals surface area (Å²) in [5.74, 6) is 0.0147. The smallest absolute Gasteiger partial charge is 0.255 e. The second-order valence-corrected chi connectivity index (χ2v) is 11.6. The number of hydrogen-bond donors (Lipinski definition) is 2. The van der Waals surface area contributed by atoms with Crippen LogP contribution in [0.1, 0.15) is 47.2 Å². The van der Waals surface area contributed by atoms with Crippen molar-refractivity contribution < 1.29 is 19.1 Å². The number of para-hydroxylation sites is 2. The van der Waals surface area contributed by atoms with Crippen LogP contribution in [-0.2, 0) is 22.4 Å². The van der Waals surface area contributed by atoms with Gasteiger partial charge >= 0.3 is 0 Å². The van der Waals surface area contributed by atoms with E-state index in [1.807, 2.05) is 89.8 Å². The first-order valence-corrected chi connectivity index (χ1v) is 16.4. The van der Waals surface area contributed by atoms with Gasteiger partial charge in [0.15, 0.2) is 0 Å². The molecule has 2 N–H and O–H groups in total. The molecule has 0 spiro atoms. The van der Waals surface area contributed by atoms with E-state index in [-0.39, 0.29) is 30.8 Å². The van der Waals surface area contributed by atoms with Crippen molar-refractivity contribution in [2.45, 2.75) is 38.5 Å². The molecule has 1 aliphatic rings. The maximum atomic E-state index is 13.9. The quantitative estimate of drug-likeness (QED) is 0.245. The lowest BCUT2D eigenvalue weighted by molar-refractivity contribution is -0.122. The molecule has 1 aromatic heterocycles. The summed E-state index contributed by atoms with van der Waals surface area (Å²) in [5, 5.41) is 6.00. The van der Waals surface area contributed by atoms with E-state index in [1.54, 1.807) is 17.2 Å². The molecule has 3 amide bonds. The Morgan fingerprint density at radius 2 is 1.34 bits per heavy atom. The zero-order chi connectivity index (χ0) is 32.7. The summed E-state index contributed by atoms with van der Waals surface area (Å²) >= 11 is 0. The van der Waals surface area contributed by atoms with E-state index in [9.17, 15) is 14.4 Å². The number of ether oxygens (including phenoxy) is 1. The second-order valence-electron chi connectivity index (χ2n) is 11.6. The molecule has 3 aromatic carbocycles. The lowest BCUT2D eigenvalue weighted by Gasteiger charge is -2.27. The number of nitrogens with zero attached hydrogens (tertiary/aromatic N) is 3. The first kappa shape index (κ1) is 33.2. The summed E-state index contributed by atoms with van der Waals surface area (Å²) in [6.07, 6.45) is 8.03. The molecule has 244 valence electrons. The van der Waals surface area contributed by atoms with E-state index in [2.05, 4.69) is 15.6 Å². The molecular weight excluding hydrogens is 590 g/mol. The molecule has 0 radical (unpaired) electrons. The van der Waals surface area contributed by atoms with E-state index in [4.69, 9.17) is 4.74 Å². The normalized spacial score (nSPS) is 13.8. The zero-order valence-electron chi connectivity index (χ0n) is 26.8. The highest BCUT2D eigenvalue weighted by Gasteiger charge is 2.23. The fourth-order valence-electron chi connectivity index (χ4n) is 5.60. The Balaban J connectivity index is 1.34. The predicted octanol–water partition coefficient (Wildman–Crippen LogP) is 5.33. The second kappa shape index (κ2) is 17.5. The summed E-state index contributed by atoms with van der Waals surface area (Å²) in [6, 6.07) is 29.3. The maximum absolute atomic E-state index is 13.9. The summed E-state index contributed by atoms with van der Waals surface area (Å²) in [5.41, 5.74) is 3.92. The highest BCUT2D eigenvalue weighted by atomic mass is 16.5. The molecule has 0 aliphatic carbocycles. The van der Waals surface area contributed by atoms with Crippen LogP contribution < -0.4 is 20.3 Å². The van der Waals surface area contributed by atoms with Crippen LogP contribution in [0.15, 0.2) is 103 Å². The average molecular weight is 634 g/mol. The first-order valence-electron chi connectivity index (χ1n) is 16.4. The van der Waals surface area contributed by atoms with Crippen LogP contribution in [0, 0.1) is 0 Å². The Hall–Kier alpha value is -5.18. The summed E-state index contributed by atoms with van der Waals surface area (Å²) in [7, 11) is 0. The van der Waals surface area contributed by atoms with E-state index in [0.29, 0.717) is 61.8 Å². The average Bonchev–Trinajstić information content (AvgIpc) is 3.10. The Morgan fingerprint density at radius 3 is 2.04 bits per heavy atom. The van der Waals surface area contributed by atoms with E-state index in [0.717, 1.165) is 36.8 Å². The minimum Gasteiger partial charge on any atom is -0.491 e. The highest BCUT2D eigenvalue weighted by Crippen LogP contribution is 2.34. The molecule has 4 aromatic rings. The molecule has 2 heterocycles. The highest BCUT2D eigenvalue weighted by molar-refractivity contribution is 5.97. The summed E-state index contributed by atoms with van der Waals surface area (Å²) < 4.78 is 6.23. The number of fused-ring (bicyclic) bond motifs is 3. The minimum absolute atomic E-state index is 0.00201. The number of pyridine rings is 1. The van der Waals surface area contributed by atoms with Gasteiger partial charge < -0.3 is 25.2 Å². The summed E-state index contributed by atoms with van der Waals surface area (Å²) in [6.45, 7) is 1.92. The van der Waals surface area contributed by atoms with Crippen molar-refractivity contribution in [2.75, 3.05) is 44.2 Å². The van der Waals surface area contributed by atoms with Crippen LogP contribution in [0.2, 0.25) is 0 Å². The van der Waals surface area contributed by atoms with Gasteiger partial charge in [-0.1, -0.05) is 85.6 Å². The van der Waals surface area contributed by atoms with E-state index in [1.165, 1.54) is 6.20 Å². The first-order chi connectivity index (χ1) is 23.1. The van der Waals surface area contributed by atoms with Crippen LogP contribution in [0.25, 0.3) is 0 Å². The van der Waals surface area contributed by atoms with Gasteiger partial charge in [0, 0.05) is 25.8 Å². The van der Waals surface area contributed by atoms with Gasteiger partial charge in [-0.05, 0) is 55.0 Å². The fraction of sp³-hybridized carbons (Fsp3) is 0.316. The van der Waals surface area contributed by atoms with Crippen molar-refractivity contribution in [3.05, 3.63) is 120 Å². The monoisotopic (exact) mass is 633 g/mol. The zero-order valence-corrected chi connectivity index (χ0v) is 26.8. The number of carbonyl (C=O) groups excluding carboxylic acids is 3. The molecule has 0 atom stereocenters. The molecule has 47 heavy (non-hydrogen) atoms. The van der Waals surface area contributed by atoms with Crippen molar-refractivity contribution in [3.8, 4) is 5.75 Å². The van der Waals surface area contributed by atoms with Crippen LogP contribution in [-0.4, -0.2) is 66.9 Å². The number of hydrogen-bond acceptors (Lipinski definition) is 6. The largest absolute Gasteiger partial charge is 0.491 e. The molecule has 0 saturated carbocycles. The maximum Gasteiger partial charge on any atom is 0.255 e. The molecule has 0 fully saturated rings. The Kier molecular flexibility index (Phi) is 12.4. The van der Waals surface area contributed by atoms with E-state index >= 15 is 0 Å². The Morgan fingerprint density at radius 1 is 0.723 bits per heavy atom. The molecule has 1 aliphatic heterocycles. The lowest BCUT2D eigenvalue weighted by atomic mass is 10.1. The molecular formula is C38H43N5O4. The molecule has 0 saturated heterocycles. The van der Waals surface area contributed by atoms with E-state index < -0.39 is 0 Å². The topological polar surface area (TPSA) is 104 Å². The lowest BCUT2D eigenvalue weighted by Crippen LogP contribution is -2.42. The Bertz CT molecular complexity index is 1600. The number of anilines is 2. The van der Waals surface area contributed by atoms with Gasteiger partial charge in [0.25, 0.3) is 5.91 Å². The van der Waals surface area contributed by atoms with Crippen molar-refractivity contribution in [2.24, 2.45) is 0 Å². The van der Waals surface area contributed by atoms with Gasteiger partial charge in [-0.2, -0.15) is 0 Å². The van der Waals surface area contributed by atoms with Crippen LogP contribution >= 0.6 is 0 Å². The predicted molar refractivity (Wildman–Crippen MR) is 184 cm³/mol. The van der Waals surface area contributed by atoms with Gasteiger partial charge in [0.1, 0.15) is 12.3 Å². The minimum atomic E-state index is -0.274. The third-order valence-corrected chi connectivity index (χ3v) is 8.10. The van der Waals surface area contributed by atoms with Crippen molar-refractivity contribution >= 4 is 29.1 Å². The van der Waals surface area contributed by atoms with Gasteiger partial charge in [0.05, 0.1) is 36.3 Å². The fourth-order valence-corrected chi connectivity index (χ4v) is 5.60. The molecule has 5 rings (SSSR count). The number of rotatable bonds is 10. The standard InChI is InChI=1S/C38H43N5O4/c44-36(40-21-19-30-13-5-3-6-14-30)28-42-23-11-1-2-12-24-47-35-18-10-9-17-34(35)43(33-25-32(38(42)46)26-39-27-33)29-37(45)41-22-20-31-15-7-4-8-16-31/h3-10,13-18,25-27H,1-2,11-12,19-24,28-29H2,(H,40,44)(H,41,45). The SMILES string of the molecule is O=C(CN1CCCCCCOc2ccccc2N(CC(=O)NCCc2ccccc2)c2cncc(c2)C1=O)NCCc1ccccc1. The van der Waals surface area contributed by atoms with Crippen LogP contribution in [0.4, 0.5) is 11.4 Å². The molecule has 9 heteroatoms. The van der Waals surface area contributed by atoms with Gasteiger partial charge in [-0.3, -0.25) is 19.4 Å². The molecule has 0 unspecified atom stereocenters. The van der Waals surface area contributed by atoms with Crippen molar-refractivity contribution in [1.29, 1.82) is 0 Å². The number of nitrogens with one attached hydrogen (secondary N) is 2. The third-order valence-electron chi connectivity index (χ3n) is 8.10. The number of benzene rings is 3. The van der Waals surface area contributed by atoms with Crippen molar-refractivity contribution in [3.63, 3.8) is 0 Å². The van der Waals surface area contributed by atoms with Gasteiger partial charge in [-0.25, -0.2) is 0 Å². The van der Waals surface area contributed by atoms with Crippen LogP contribution in [0.5, 0.6) is 5.75 Å². The number of carbonyl (C=O) groups is 3. The molecule has 2 bridgehead atoms. The van der Waals surface area contributed by atoms with Gasteiger partial charge in [-0.15, -0.1) is 0 Å². The third kappa shape index (κ3) is 10.2. The molecule has 9 nitrogen and oxygen atoms in total. The number of aromatic nitrogens is 1. The summed E-state index contributed by atoms with van der Waals surface area (Å²) in [4.78, 5) is 48.1. The Labute approximate surface area is 277 Å². The van der Waals surface area contributed by atoms with Gasteiger partial charge in [0.2, 0.25) is 11.8 Å². The van der Waals surface area contributed by atoms with Crippen molar-refractivity contribution in [1.82, 2.24) is 20.5 Å². The van der Waals surface area contributed by atoms with Crippen LogP contribution in [0.3, 0.4) is 0 Å². The number of amides is 3.